The van der Waals surface area contributed by atoms with Crippen molar-refractivity contribution in [2.24, 2.45) is 23.7 Å². The molecule has 6 heteroatoms. The number of imide groups is 1. The van der Waals surface area contributed by atoms with Crippen LogP contribution in [0.3, 0.4) is 0 Å². The first kappa shape index (κ1) is 17.0. The van der Waals surface area contributed by atoms with E-state index in [9.17, 15) is 9.59 Å². The van der Waals surface area contributed by atoms with E-state index >= 15 is 0 Å². The molecule has 1 aliphatic heterocycles. The van der Waals surface area contributed by atoms with Crippen molar-refractivity contribution in [3.8, 4) is 11.4 Å². The van der Waals surface area contributed by atoms with Gasteiger partial charge in [0.2, 0.25) is 11.8 Å². The smallest absolute Gasteiger partial charge is 0.238 e. The summed E-state index contributed by atoms with van der Waals surface area (Å²) in [5, 5.41) is 0.969. The van der Waals surface area contributed by atoms with Crippen molar-refractivity contribution < 1.29 is 9.59 Å². The number of anilines is 1. The van der Waals surface area contributed by atoms with Gasteiger partial charge in [-0.3, -0.25) is 14.5 Å². The van der Waals surface area contributed by atoms with Crippen LogP contribution in [0.25, 0.3) is 22.3 Å². The lowest BCUT2D eigenvalue weighted by atomic mass is 9.85. The normalized spacial score (nSPS) is 27.3. The Morgan fingerprint density at radius 3 is 2.31 bits per heavy atom. The summed E-state index contributed by atoms with van der Waals surface area (Å²) in [4.78, 5) is 36.4. The molecule has 5 nitrogen and oxygen atoms in total. The fourth-order valence-corrected chi connectivity index (χ4v) is 5.40. The summed E-state index contributed by atoms with van der Waals surface area (Å²) >= 11 is 3.47. The maximum atomic E-state index is 13.0. The number of carbonyl (C=O) groups is 2. The first-order valence-electron chi connectivity index (χ1n) is 9.69. The monoisotopic (exact) mass is 445 g/mol. The lowest BCUT2D eigenvalue weighted by molar-refractivity contribution is -0.123. The molecule has 0 N–H and O–H groups in total. The second kappa shape index (κ2) is 6.07. The van der Waals surface area contributed by atoms with Crippen molar-refractivity contribution in [3.63, 3.8) is 0 Å². The van der Waals surface area contributed by atoms with Crippen LogP contribution in [0.5, 0.6) is 0 Å². The zero-order valence-electron chi connectivity index (χ0n) is 15.3. The highest BCUT2D eigenvalue weighted by atomic mass is 79.9. The number of nitrogens with zero attached hydrogens (tertiary/aromatic N) is 3. The highest BCUT2D eigenvalue weighted by molar-refractivity contribution is 9.10. The molecule has 0 spiro atoms. The highest BCUT2D eigenvalue weighted by Crippen LogP contribution is 2.53. The molecule has 0 radical (unpaired) electrons. The number of hydrogen-bond donors (Lipinski definition) is 0. The molecule has 1 saturated heterocycles. The quantitative estimate of drug-likeness (QED) is 0.433. The van der Waals surface area contributed by atoms with Crippen molar-refractivity contribution in [2.45, 2.75) is 6.42 Å². The molecule has 1 saturated carbocycles. The second-order valence-electron chi connectivity index (χ2n) is 7.96. The largest absolute Gasteiger partial charge is 0.274 e. The summed E-state index contributed by atoms with van der Waals surface area (Å²) in [5.74, 6) is 0.569. The molecule has 3 aliphatic rings. The van der Waals surface area contributed by atoms with Gasteiger partial charge in [-0.25, -0.2) is 9.97 Å². The van der Waals surface area contributed by atoms with Crippen LogP contribution in [0.1, 0.15) is 6.42 Å². The Hall–Kier alpha value is -2.86. The van der Waals surface area contributed by atoms with Gasteiger partial charge in [-0.2, -0.15) is 0 Å². The highest BCUT2D eigenvalue weighted by Gasteiger charge is 2.59. The number of hydrogen-bond acceptors (Lipinski definition) is 4. The molecule has 2 fully saturated rings. The van der Waals surface area contributed by atoms with E-state index < -0.39 is 0 Å². The Morgan fingerprint density at radius 2 is 1.62 bits per heavy atom. The number of carbonyl (C=O) groups excluding carboxylic acids is 2. The summed E-state index contributed by atoms with van der Waals surface area (Å²) in [5.41, 5.74) is 2.33. The SMILES string of the molecule is O=C1[C@@H]2[C@H](C(=O)N1c1ccc(-c3ncc4ccc(Br)cc4n3)cc1)C1C=C[C@H]2C1. The van der Waals surface area contributed by atoms with Crippen LogP contribution >= 0.6 is 15.9 Å². The molecule has 3 aromatic rings. The standard InChI is InChI=1S/C23H16BrN3O2/c24-16-6-3-15-11-25-21(26-18(15)10-16)12-4-7-17(8-5-12)27-22(28)19-13-1-2-14(9-13)20(19)23(27)29/h1-8,10-11,13-14,19-20H,9H2/t13-,14?,19-,20+/m0/s1. The lowest BCUT2D eigenvalue weighted by Crippen LogP contribution is -2.32. The molecule has 142 valence electrons. The summed E-state index contributed by atoms with van der Waals surface area (Å²) in [6.45, 7) is 0. The van der Waals surface area contributed by atoms with Crippen LogP contribution in [0.2, 0.25) is 0 Å². The summed E-state index contributed by atoms with van der Waals surface area (Å²) in [7, 11) is 0. The Labute approximate surface area is 175 Å². The third kappa shape index (κ3) is 2.45. The summed E-state index contributed by atoms with van der Waals surface area (Å²) in [6.07, 6.45) is 6.96. The number of benzene rings is 2. The minimum Gasteiger partial charge on any atom is -0.274 e. The average molecular weight is 446 g/mol. The van der Waals surface area contributed by atoms with Crippen LogP contribution in [0.4, 0.5) is 5.69 Å². The number of allylic oxidation sites excluding steroid dienone is 2. The fourth-order valence-electron chi connectivity index (χ4n) is 5.05. The Balaban J connectivity index is 1.32. The van der Waals surface area contributed by atoms with Crippen LogP contribution in [-0.4, -0.2) is 21.8 Å². The summed E-state index contributed by atoms with van der Waals surface area (Å²) in [6, 6.07) is 13.3. The molecule has 2 bridgehead atoms. The van der Waals surface area contributed by atoms with Gasteiger partial charge in [0.15, 0.2) is 5.82 Å². The Morgan fingerprint density at radius 1 is 0.931 bits per heavy atom. The van der Waals surface area contributed by atoms with E-state index in [0.29, 0.717) is 11.5 Å². The maximum absolute atomic E-state index is 13.0. The van der Waals surface area contributed by atoms with E-state index in [0.717, 1.165) is 27.4 Å². The number of halogens is 1. The minimum atomic E-state index is -0.181. The number of rotatable bonds is 2. The third-order valence-electron chi connectivity index (χ3n) is 6.40. The second-order valence-corrected chi connectivity index (χ2v) is 8.87. The molecule has 1 unspecified atom stereocenters. The van der Waals surface area contributed by atoms with E-state index in [1.807, 2.05) is 42.5 Å². The molecule has 29 heavy (non-hydrogen) atoms. The van der Waals surface area contributed by atoms with Crippen LogP contribution < -0.4 is 4.90 Å². The van der Waals surface area contributed by atoms with Gasteiger partial charge < -0.3 is 0 Å². The van der Waals surface area contributed by atoms with E-state index in [1.165, 1.54) is 4.90 Å². The van der Waals surface area contributed by atoms with Crippen LogP contribution in [0.15, 0.2) is 65.3 Å². The minimum absolute atomic E-state index is 0.0589. The number of amides is 2. The molecule has 2 amide bonds. The van der Waals surface area contributed by atoms with Gasteiger partial charge in [0, 0.05) is 21.6 Å². The van der Waals surface area contributed by atoms with Crippen molar-refractivity contribution in [2.75, 3.05) is 4.90 Å². The topological polar surface area (TPSA) is 63.2 Å². The van der Waals surface area contributed by atoms with E-state index in [1.54, 1.807) is 6.20 Å². The Bertz CT molecular complexity index is 1190. The van der Waals surface area contributed by atoms with Crippen molar-refractivity contribution >= 4 is 44.3 Å². The average Bonchev–Trinajstić information content (AvgIpc) is 3.41. The molecule has 2 aliphatic carbocycles. The van der Waals surface area contributed by atoms with E-state index in [4.69, 9.17) is 0 Å². The zero-order chi connectivity index (χ0) is 19.7. The molecule has 2 heterocycles. The first-order chi connectivity index (χ1) is 14.1. The van der Waals surface area contributed by atoms with Crippen molar-refractivity contribution in [1.82, 2.24) is 9.97 Å². The van der Waals surface area contributed by atoms with Crippen LogP contribution in [-0.2, 0) is 9.59 Å². The number of aromatic nitrogens is 2. The zero-order valence-corrected chi connectivity index (χ0v) is 16.9. The fraction of sp³-hybridized carbons (Fsp3) is 0.217. The number of fused-ring (bicyclic) bond motifs is 6. The van der Waals surface area contributed by atoms with Gasteiger partial charge in [0.1, 0.15) is 0 Å². The maximum Gasteiger partial charge on any atom is 0.238 e. The summed E-state index contributed by atoms with van der Waals surface area (Å²) < 4.78 is 0.963. The molecular weight excluding hydrogens is 430 g/mol. The van der Waals surface area contributed by atoms with Gasteiger partial charge in [0.05, 0.1) is 23.0 Å². The van der Waals surface area contributed by atoms with Gasteiger partial charge in [0.25, 0.3) is 0 Å². The van der Waals surface area contributed by atoms with E-state index in [-0.39, 0.29) is 35.5 Å². The Kier molecular flexibility index (Phi) is 3.56. The molecular formula is C23H16BrN3O2. The van der Waals surface area contributed by atoms with Crippen molar-refractivity contribution in [1.29, 1.82) is 0 Å². The van der Waals surface area contributed by atoms with Crippen LogP contribution in [0, 0.1) is 23.7 Å². The molecule has 4 atom stereocenters. The van der Waals surface area contributed by atoms with Gasteiger partial charge >= 0.3 is 0 Å². The van der Waals surface area contributed by atoms with Crippen molar-refractivity contribution in [3.05, 3.63) is 65.3 Å². The lowest BCUT2D eigenvalue weighted by Gasteiger charge is -2.17. The molecule has 6 rings (SSSR count). The predicted molar refractivity (Wildman–Crippen MR) is 113 cm³/mol. The van der Waals surface area contributed by atoms with Gasteiger partial charge in [-0.1, -0.05) is 34.1 Å². The first-order valence-corrected chi connectivity index (χ1v) is 10.5. The predicted octanol–water partition coefficient (Wildman–Crippen LogP) is 4.37. The van der Waals surface area contributed by atoms with Gasteiger partial charge in [-0.05, 0) is 54.7 Å². The van der Waals surface area contributed by atoms with E-state index in [2.05, 4.69) is 38.0 Å². The third-order valence-corrected chi connectivity index (χ3v) is 6.89. The van der Waals surface area contributed by atoms with Gasteiger partial charge in [-0.15, -0.1) is 0 Å². The molecule has 2 aromatic carbocycles. The molecule has 1 aromatic heterocycles.